The van der Waals surface area contributed by atoms with Crippen molar-refractivity contribution >= 4 is 17.8 Å². The first-order chi connectivity index (χ1) is 9.61. The summed E-state index contributed by atoms with van der Waals surface area (Å²) in [7, 11) is 0. The zero-order valence-electron chi connectivity index (χ0n) is 11.0. The van der Waals surface area contributed by atoms with Gasteiger partial charge in [-0.2, -0.15) is 0 Å². The maximum Gasteiger partial charge on any atom is 0.303 e. The Balaban J connectivity index is 1.79. The lowest BCUT2D eigenvalue weighted by molar-refractivity contribution is -0.137. The van der Waals surface area contributed by atoms with E-state index in [2.05, 4.69) is 4.98 Å². The van der Waals surface area contributed by atoms with Gasteiger partial charge in [-0.25, -0.2) is 0 Å². The van der Waals surface area contributed by atoms with Crippen molar-refractivity contribution in [1.82, 2.24) is 9.88 Å². The summed E-state index contributed by atoms with van der Waals surface area (Å²) in [4.78, 5) is 39.5. The minimum absolute atomic E-state index is 0.164. The van der Waals surface area contributed by atoms with Gasteiger partial charge in [-0.1, -0.05) is 12.8 Å². The average molecular weight is 276 g/mol. The maximum absolute atomic E-state index is 12.0. The molecule has 2 rings (SSSR count). The molecular weight excluding hydrogens is 260 g/mol. The number of unbranched alkanes of at least 4 members (excludes halogenated alkanes) is 3. The summed E-state index contributed by atoms with van der Waals surface area (Å²) >= 11 is 0. The van der Waals surface area contributed by atoms with Gasteiger partial charge >= 0.3 is 5.97 Å². The van der Waals surface area contributed by atoms with Crippen LogP contribution in [0.25, 0.3) is 0 Å². The number of hydrogen-bond acceptors (Lipinski definition) is 4. The second kappa shape index (κ2) is 6.27. The predicted molar refractivity (Wildman–Crippen MR) is 70.3 cm³/mol. The molecule has 106 valence electrons. The third-order valence-corrected chi connectivity index (χ3v) is 3.25. The van der Waals surface area contributed by atoms with E-state index in [1.54, 1.807) is 12.1 Å². The van der Waals surface area contributed by atoms with E-state index >= 15 is 0 Å². The molecule has 1 aliphatic rings. The van der Waals surface area contributed by atoms with Gasteiger partial charge in [0.05, 0.1) is 5.56 Å². The average Bonchev–Trinajstić information content (AvgIpc) is 2.67. The van der Waals surface area contributed by atoms with Crippen LogP contribution < -0.4 is 0 Å². The molecule has 0 bridgehead atoms. The number of rotatable bonds is 7. The van der Waals surface area contributed by atoms with Crippen molar-refractivity contribution in [3.05, 3.63) is 29.6 Å². The number of carbonyl (C=O) groups excluding carboxylic acids is 2. The predicted octanol–water partition coefficient (Wildman–Crippen LogP) is 1.71. The molecule has 0 atom stereocenters. The summed E-state index contributed by atoms with van der Waals surface area (Å²) in [5.41, 5.74) is 0.590. The molecule has 1 N–H and O–H groups in total. The van der Waals surface area contributed by atoms with Crippen LogP contribution in [0, 0.1) is 0 Å². The number of carboxylic acid groups (broad SMARTS) is 1. The van der Waals surface area contributed by atoms with Gasteiger partial charge in [-0.15, -0.1) is 0 Å². The number of hydrogen-bond donors (Lipinski definition) is 1. The largest absolute Gasteiger partial charge is 0.481 e. The number of carbonyl (C=O) groups is 3. The molecule has 1 aromatic rings. The smallest absolute Gasteiger partial charge is 0.303 e. The summed E-state index contributed by atoms with van der Waals surface area (Å²) < 4.78 is 0. The molecule has 2 heterocycles. The lowest BCUT2D eigenvalue weighted by Gasteiger charge is -2.12. The van der Waals surface area contributed by atoms with Gasteiger partial charge in [0, 0.05) is 19.2 Å². The van der Waals surface area contributed by atoms with Crippen LogP contribution in [0.1, 0.15) is 53.0 Å². The maximum atomic E-state index is 12.0. The molecule has 0 fully saturated rings. The van der Waals surface area contributed by atoms with Crippen molar-refractivity contribution in [2.45, 2.75) is 32.1 Å². The minimum Gasteiger partial charge on any atom is -0.481 e. The van der Waals surface area contributed by atoms with Gasteiger partial charge < -0.3 is 5.11 Å². The van der Waals surface area contributed by atoms with Gasteiger partial charge in [0.1, 0.15) is 5.69 Å². The second-order valence-electron chi connectivity index (χ2n) is 4.72. The van der Waals surface area contributed by atoms with Gasteiger partial charge in [-0.05, 0) is 25.0 Å². The first kappa shape index (κ1) is 14.2. The highest BCUT2D eigenvalue weighted by Crippen LogP contribution is 2.20. The fourth-order valence-corrected chi connectivity index (χ4v) is 2.22. The Morgan fingerprint density at radius 1 is 1.15 bits per heavy atom. The number of imide groups is 1. The second-order valence-corrected chi connectivity index (χ2v) is 4.72. The quantitative estimate of drug-likeness (QED) is 0.605. The first-order valence-corrected chi connectivity index (χ1v) is 6.64. The number of carboxylic acids is 1. The van der Waals surface area contributed by atoms with E-state index < -0.39 is 5.97 Å². The molecule has 20 heavy (non-hydrogen) atoms. The Morgan fingerprint density at radius 3 is 2.60 bits per heavy atom. The normalized spacial score (nSPS) is 13.7. The Labute approximate surface area is 116 Å². The zero-order valence-corrected chi connectivity index (χ0v) is 11.0. The molecule has 0 saturated carbocycles. The first-order valence-electron chi connectivity index (χ1n) is 6.64. The highest BCUT2D eigenvalue weighted by Gasteiger charge is 2.35. The van der Waals surface area contributed by atoms with Crippen LogP contribution in [0.3, 0.4) is 0 Å². The van der Waals surface area contributed by atoms with Crippen molar-refractivity contribution in [3.63, 3.8) is 0 Å². The molecule has 0 unspecified atom stereocenters. The minimum atomic E-state index is -0.795. The zero-order chi connectivity index (χ0) is 14.5. The molecule has 0 radical (unpaired) electrons. The van der Waals surface area contributed by atoms with Crippen LogP contribution in [0.2, 0.25) is 0 Å². The molecule has 0 saturated heterocycles. The lowest BCUT2D eigenvalue weighted by atomic mass is 10.1. The molecule has 1 aliphatic heterocycles. The summed E-state index contributed by atoms with van der Waals surface area (Å²) in [6, 6.07) is 3.24. The Bertz CT molecular complexity index is 507. The molecule has 2 amide bonds. The highest BCUT2D eigenvalue weighted by atomic mass is 16.4. The number of pyridine rings is 1. The van der Waals surface area contributed by atoms with E-state index in [0.717, 1.165) is 12.8 Å². The topological polar surface area (TPSA) is 87.6 Å². The van der Waals surface area contributed by atoms with Gasteiger partial charge in [-0.3, -0.25) is 24.3 Å². The molecular formula is C14H16N2O4. The summed E-state index contributed by atoms with van der Waals surface area (Å²) in [5, 5.41) is 8.51. The van der Waals surface area contributed by atoms with Crippen molar-refractivity contribution in [2.24, 2.45) is 0 Å². The van der Waals surface area contributed by atoms with Crippen LogP contribution in [0.15, 0.2) is 18.3 Å². The lowest BCUT2D eigenvalue weighted by Crippen LogP contribution is -2.30. The molecule has 6 heteroatoms. The Hall–Kier alpha value is -2.24. The van der Waals surface area contributed by atoms with Crippen molar-refractivity contribution < 1.29 is 19.5 Å². The fourth-order valence-electron chi connectivity index (χ4n) is 2.22. The van der Waals surface area contributed by atoms with Crippen molar-refractivity contribution in [1.29, 1.82) is 0 Å². The van der Waals surface area contributed by atoms with E-state index in [1.165, 1.54) is 11.1 Å². The summed E-state index contributed by atoms with van der Waals surface area (Å²) in [6.07, 6.45) is 4.56. The van der Waals surface area contributed by atoms with Gasteiger partial charge in [0.2, 0.25) is 0 Å². The third kappa shape index (κ3) is 3.01. The van der Waals surface area contributed by atoms with Crippen LogP contribution in [0.5, 0.6) is 0 Å². The van der Waals surface area contributed by atoms with E-state index in [4.69, 9.17) is 5.11 Å². The van der Waals surface area contributed by atoms with E-state index in [-0.39, 0.29) is 23.9 Å². The number of aliphatic carboxylic acids is 1. The van der Waals surface area contributed by atoms with E-state index in [1.807, 2.05) is 0 Å². The molecule has 0 aliphatic carbocycles. The van der Waals surface area contributed by atoms with Gasteiger partial charge in [0.25, 0.3) is 11.8 Å². The molecule has 1 aromatic heterocycles. The molecule has 0 spiro atoms. The van der Waals surface area contributed by atoms with E-state index in [9.17, 15) is 14.4 Å². The fraction of sp³-hybridized carbons (Fsp3) is 0.429. The molecule has 6 nitrogen and oxygen atoms in total. The standard InChI is InChI=1S/C14H16N2O4/c17-11(18)7-3-1-2-4-9-16-13(19)10-6-5-8-15-12(10)14(16)20/h5-6,8H,1-4,7,9H2,(H,17,18). The molecule has 0 aromatic carbocycles. The van der Waals surface area contributed by atoms with Crippen LogP contribution in [0.4, 0.5) is 0 Å². The summed E-state index contributed by atoms with van der Waals surface area (Å²) in [5.74, 6) is -1.42. The number of aromatic nitrogens is 1. The van der Waals surface area contributed by atoms with E-state index in [0.29, 0.717) is 24.9 Å². The Kier molecular flexibility index (Phi) is 4.45. The van der Waals surface area contributed by atoms with Gasteiger partial charge in [0.15, 0.2) is 0 Å². The highest BCUT2D eigenvalue weighted by molar-refractivity contribution is 6.20. The SMILES string of the molecule is O=C(O)CCCCCCN1C(=O)c2cccnc2C1=O. The number of fused-ring (bicyclic) bond motifs is 1. The number of nitrogens with zero attached hydrogens (tertiary/aromatic N) is 2. The van der Waals surface area contributed by atoms with Crippen molar-refractivity contribution in [3.8, 4) is 0 Å². The van der Waals surface area contributed by atoms with Crippen molar-refractivity contribution in [2.75, 3.05) is 6.54 Å². The third-order valence-electron chi connectivity index (χ3n) is 3.25. The van der Waals surface area contributed by atoms with Crippen LogP contribution in [-0.4, -0.2) is 39.3 Å². The summed E-state index contributed by atoms with van der Waals surface area (Å²) in [6.45, 7) is 0.362. The van der Waals surface area contributed by atoms with Crippen LogP contribution in [-0.2, 0) is 4.79 Å². The monoisotopic (exact) mass is 276 g/mol. The Morgan fingerprint density at radius 2 is 1.90 bits per heavy atom. The number of amides is 2. The van der Waals surface area contributed by atoms with Crippen LogP contribution >= 0.6 is 0 Å².